The van der Waals surface area contributed by atoms with Gasteiger partial charge < -0.3 is 20.9 Å². The van der Waals surface area contributed by atoms with Gasteiger partial charge >= 0.3 is 5.97 Å². The van der Waals surface area contributed by atoms with Crippen LogP contribution in [-0.2, 0) is 0 Å². The van der Waals surface area contributed by atoms with E-state index in [1.54, 1.807) is 18.2 Å². The SMILES string of the molecule is N=Cc1cc(O)ccc1Nc1cccc(C(=O)O)c1. The van der Waals surface area contributed by atoms with Crippen molar-refractivity contribution in [3.63, 3.8) is 0 Å². The van der Waals surface area contributed by atoms with Crippen LogP contribution in [-0.4, -0.2) is 22.4 Å². The molecule has 0 heterocycles. The van der Waals surface area contributed by atoms with Gasteiger partial charge in [-0.2, -0.15) is 0 Å². The number of carbonyl (C=O) groups is 1. The number of hydrogen-bond donors (Lipinski definition) is 4. The highest BCUT2D eigenvalue weighted by Gasteiger charge is 2.05. The number of carboxylic acid groups (broad SMARTS) is 1. The van der Waals surface area contributed by atoms with E-state index in [4.69, 9.17) is 10.5 Å². The highest BCUT2D eigenvalue weighted by Crippen LogP contribution is 2.24. The van der Waals surface area contributed by atoms with Gasteiger partial charge in [-0.05, 0) is 36.4 Å². The zero-order valence-electron chi connectivity index (χ0n) is 9.92. The molecule has 0 atom stereocenters. The fraction of sp³-hybridized carbons (Fsp3) is 0. The largest absolute Gasteiger partial charge is 0.508 e. The molecule has 0 amide bonds. The van der Waals surface area contributed by atoms with Gasteiger partial charge in [-0.3, -0.25) is 0 Å². The van der Waals surface area contributed by atoms with Crippen LogP contribution < -0.4 is 5.32 Å². The number of nitrogens with one attached hydrogen (secondary N) is 2. The predicted molar refractivity (Wildman–Crippen MR) is 72.7 cm³/mol. The molecule has 2 aromatic rings. The number of aromatic carboxylic acids is 1. The summed E-state index contributed by atoms with van der Waals surface area (Å²) in [6.45, 7) is 0. The summed E-state index contributed by atoms with van der Waals surface area (Å²) < 4.78 is 0. The van der Waals surface area contributed by atoms with Crippen LogP contribution in [0.15, 0.2) is 42.5 Å². The molecule has 0 fully saturated rings. The molecule has 96 valence electrons. The molecular weight excluding hydrogens is 244 g/mol. The second-order valence-electron chi connectivity index (χ2n) is 3.93. The molecule has 0 saturated heterocycles. The molecular formula is C14H12N2O3. The lowest BCUT2D eigenvalue weighted by Crippen LogP contribution is -1.99. The molecule has 19 heavy (non-hydrogen) atoms. The number of hydrogen-bond acceptors (Lipinski definition) is 4. The number of aromatic hydroxyl groups is 1. The minimum Gasteiger partial charge on any atom is -0.508 e. The van der Waals surface area contributed by atoms with Crippen LogP contribution >= 0.6 is 0 Å². The fourth-order valence-corrected chi connectivity index (χ4v) is 1.67. The van der Waals surface area contributed by atoms with Crippen molar-refractivity contribution in [2.75, 3.05) is 5.32 Å². The summed E-state index contributed by atoms with van der Waals surface area (Å²) in [6, 6.07) is 10.9. The number of phenols is 1. The van der Waals surface area contributed by atoms with E-state index in [9.17, 15) is 9.90 Å². The summed E-state index contributed by atoms with van der Waals surface area (Å²) >= 11 is 0. The average molecular weight is 256 g/mol. The molecule has 0 saturated carbocycles. The molecule has 2 aromatic carbocycles. The normalized spacial score (nSPS) is 9.89. The quantitative estimate of drug-likeness (QED) is 0.500. The van der Waals surface area contributed by atoms with Crippen LogP contribution in [0.3, 0.4) is 0 Å². The van der Waals surface area contributed by atoms with Crippen molar-refractivity contribution in [2.45, 2.75) is 0 Å². The van der Waals surface area contributed by atoms with Gasteiger partial charge in [0.2, 0.25) is 0 Å². The number of benzene rings is 2. The van der Waals surface area contributed by atoms with Crippen molar-refractivity contribution >= 4 is 23.6 Å². The van der Waals surface area contributed by atoms with Crippen LogP contribution in [0.1, 0.15) is 15.9 Å². The number of rotatable bonds is 4. The highest BCUT2D eigenvalue weighted by atomic mass is 16.4. The first-order valence-corrected chi connectivity index (χ1v) is 5.54. The summed E-state index contributed by atoms with van der Waals surface area (Å²) in [7, 11) is 0. The van der Waals surface area contributed by atoms with Gasteiger partial charge in [0.1, 0.15) is 5.75 Å². The Hall–Kier alpha value is -2.82. The minimum absolute atomic E-state index is 0.0725. The molecule has 2 rings (SSSR count). The lowest BCUT2D eigenvalue weighted by molar-refractivity contribution is 0.0697. The number of phenolic OH excluding ortho intramolecular Hbond substituents is 1. The van der Waals surface area contributed by atoms with Crippen molar-refractivity contribution in [2.24, 2.45) is 0 Å². The Morgan fingerprint density at radius 1 is 1.21 bits per heavy atom. The lowest BCUT2D eigenvalue weighted by atomic mass is 10.1. The third-order valence-electron chi connectivity index (χ3n) is 2.58. The molecule has 0 unspecified atom stereocenters. The third-order valence-corrected chi connectivity index (χ3v) is 2.58. The fourth-order valence-electron chi connectivity index (χ4n) is 1.67. The first kappa shape index (κ1) is 12.6. The Morgan fingerprint density at radius 2 is 2.00 bits per heavy atom. The summed E-state index contributed by atoms with van der Waals surface area (Å²) in [6.07, 6.45) is 1.11. The number of carboxylic acids is 1. The molecule has 4 N–H and O–H groups in total. The van der Waals surface area contributed by atoms with Crippen LogP contribution in [0.25, 0.3) is 0 Å². The van der Waals surface area contributed by atoms with Crippen LogP contribution in [0, 0.1) is 5.41 Å². The molecule has 0 aliphatic rings. The van der Waals surface area contributed by atoms with E-state index in [1.165, 1.54) is 24.3 Å². The van der Waals surface area contributed by atoms with Gasteiger partial charge in [-0.1, -0.05) is 6.07 Å². The maximum absolute atomic E-state index is 10.9. The van der Waals surface area contributed by atoms with E-state index in [0.717, 1.165) is 6.21 Å². The maximum Gasteiger partial charge on any atom is 0.335 e. The average Bonchev–Trinajstić information content (AvgIpc) is 2.41. The van der Waals surface area contributed by atoms with Gasteiger partial charge in [-0.15, -0.1) is 0 Å². The van der Waals surface area contributed by atoms with Crippen LogP contribution in [0.5, 0.6) is 5.75 Å². The van der Waals surface area contributed by atoms with Crippen LogP contribution in [0.4, 0.5) is 11.4 Å². The van der Waals surface area contributed by atoms with Gasteiger partial charge in [0, 0.05) is 23.2 Å². The number of anilines is 2. The standard InChI is InChI=1S/C14H12N2O3/c15-8-10-7-12(17)4-5-13(10)16-11-3-1-2-9(6-11)14(18)19/h1-8,15-17H,(H,18,19). The van der Waals surface area contributed by atoms with Crippen molar-refractivity contribution in [1.29, 1.82) is 5.41 Å². The van der Waals surface area contributed by atoms with E-state index in [0.29, 0.717) is 16.9 Å². The molecule has 0 aliphatic heterocycles. The minimum atomic E-state index is -0.998. The molecule has 0 aromatic heterocycles. The van der Waals surface area contributed by atoms with Crippen molar-refractivity contribution in [3.05, 3.63) is 53.6 Å². The molecule has 0 bridgehead atoms. The first-order chi connectivity index (χ1) is 9.10. The molecule has 0 aliphatic carbocycles. The van der Waals surface area contributed by atoms with Gasteiger partial charge in [0.15, 0.2) is 0 Å². The highest BCUT2D eigenvalue weighted by molar-refractivity contribution is 5.91. The summed E-state index contributed by atoms with van der Waals surface area (Å²) in [5, 5.41) is 28.6. The van der Waals surface area contributed by atoms with E-state index in [-0.39, 0.29) is 11.3 Å². The molecule has 5 nitrogen and oxygen atoms in total. The van der Waals surface area contributed by atoms with Gasteiger partial charge in [-0.25, -0.2) is 4.79 Å². The van der Waals surface area contributed by atoms with E-state index in [1.807, 2.05) is 0 Å². The Morgan fingerprint density at radius 3 is 2.68 bits per heavy atom. The Kier molecular flexibility index (Phi) is 3.47. The Bertz CT molecular complexity index is 638. The molecule has 5 heteroatoms. The zero-order valence-corrected chi connectivity index (χ0v) is 9.92. The summed E-state index contributed by atoms with van der Waals surface area (Å²) in [5.41, 5.74) is 1.92. The Labute approximate surface area is 109 Å². The summed E-state index contributed by atoms with van der Waals surface area (Å²) in [5.74, 6) is -0.926. The Balaban J connectivity index is 2.33. The molecule has 0 radical (unpaired) electrons. The lowest BCUT2D eigenvalue weighted by Gasteiger charge is -2.10. The predicted octanol–water partition coefficient (Wildman–Crippen LogP) is 2.83. The third kappa shape index (κ3) is 2.90. The van der Waals surface area contributed by atoms with Gasteiger partial charge in [0.05, 0.1) is 5.56 Å². The monoisotopic (exact) mass is 256 g/mol. The van der Waals surface area contributed by atoms with Crippen molar-refractivity contribution in [3.8, 4) is 5.75 Å². The van der Waals surface area contributed by atoms with E-state index < -0.39 is 5.97 Å². The second kappa shape index (κ2) is 5.22. The first-order valence-electron chi connectivity index (χ1n) is 5.54. The maximum atomic E-state index is 10.9. The van der Waals surface area contributed by atoms with Gasteiger partial charge in [0.25, 0.3) is 0 Å². The van der Waals surface area contributed by atoms with Crippen LogP contribution in [0.2, 0.25) is 0 Å². The van der Waals surface area contributed by atoms with Crippen molar-refractivity contribution < 1.29 is 15.0 Å². The smallest absolute Gasteiger partial charge is 0.335 e. The zero-order chi connectivity index (χ0) is 13.8. The topological polar surface area (TPSA) is 93.4 Å². The van der Waals surface area contributed by atoms with E-state index >= 15 is 0 Å². The molecule has 0 spiro atoms. The second-order valence-corrected chi connectivity index (χ2v) is 3.93. The van der Waals surface area contributed by atoms with E-state index in [2.05, 4.69) is 5.32 Å². The summed E-state index contributed by atoms with van der Waals surface area (Å²) in [4.78, 5) is 10.9. The van der Waals surface area contributed by atoms with Crippen molar-refractivity contribution in [1.82, 2.24) is 0 Å².